The molecule has 7 nitrogen and oxygen atoms in total. The quantitative estimate of drug-likeness (QED) is 0.728. The molecule has 2 atom stereocenters. The molecule has 2 fully saturated rings. The summed E-state index contributed by atoms with van der Waals surface area (Å²) in [6.45, 7) is 2.81. The Morgan fingerprint density at radius 1 is 1.30 bits per heavy atom. The minimum absolute atomic E-state index is 0.0178. The van der Waals surface area contributed by atoms with Gasteiger partial charge in [0.25, 0.3) is 11.5 Å². The molecule has 7 heteroatoms. The van der Waals surface area contributed by atoms with Crippen molar-refractivity contribution >= 4 is 5.91 Å². The van der Waals surface area contributed by atoms with E-state index in [0.29, 0.717) is 13.1 Å². The van der Waals surface area contributed by atoms with Crippen molar-refractivity contribution in [2.45, 2.75) is 25.0 Å². The van der Waals surface area contributed by atoms with Crippen molar-refractivity contribution in [3.63, 3.8) is 0 Å². The maximum atomic E-state index is 12.3. The highest BCUT2D eigenvalue weighted by Crippen LogP contribution is 2.21. The standard InChI is InChI=1S/C13H18N4O3/c18-11-8-17(7-10(11)16-5-1-2-6-16)13(20)9-3-4-12(19)15-14-9/h3-4,10-11,18H,1-2,5-8H2,(H,15,19)/t10-,11-/m1/s1. The summed E-state index contributed by atoms with van der Waals surface area (Å²) in [5, 5.41) is 16.1. The monoisotopic (exact) mass is 278 g/mol. The average molecular weight is 278 g/mol. The number of β-amino-alcohol motifs (C(OH)–C–C–N with tert-alkyl or cyclic N) is 1. The van der Waals surface area contributed by atoms with Crippen molar-refractivity contribution < 1.29 is 9.90 Å². The molecule has 2 aliphatic rings. The van der Waals surface area contributed by atoms with Crippen LogP contribution in [-0.4, -0.2) is 69.3 Å². The number of hydrogen-bond donors (Lipinski definition) is 2. The van der Waals surface area contributed by atoms with Crippen molar-refractivity contribution in [1.29, 1.82) is 0 Å². The number of hydrogen-bond acceptors (Lipinski definition) is 5. The number of carbonyl (C=O) groups excluding carboxylic acids is 1. The predicted molar refractivity (Wildman–Crippen MR) is 71.4 cm³/mol. The summed E-state index contributed by atoms with van der Waals surface area (Å²) in [6.07, 6.45) is 1.79. The molecule has 0 spiro atoms. The van der Waals surface area contributed by atoms with E-state index in [9.17, 15) is 14.7 Å². The van der Waals surface area contributed by atoms with E-state index in [1.165, 1.54) is 12.1 Å². The van der Waals surface area contributed by atoms with Crippen LogP contribution in [0.15, 0.2) is 16.9 Å². The van der Waals surface area contributed by atoms with Gasteiger partial charge in [-0.2, -0.15) is 5.10 Å². The third-order valence-corrected chi connectivity index (χ3v) is 4.05. The van der Waals surface area contributed by atoms with Crippen LogP contribution in [0.25, 0.3) is 0 Å². The van der Waals surface area contributed by atoms with Crippen molar-refractivity contribution in [3.05, 3.63) is 28.2 Å². The number of aliphatic hydroxyl groups is 1. The largest absolute Gasteiger partial charge is 0.390 e. The molecule has 1 aromatic heterocycles. The van der Waals surface area contributed by atoms with E-state index >= 15 is 0 Å². The molecule has 3 rings (SSSR count). The topological polar surface area (TPSA) is 89.5 Å². The van der Waals surface area contributed by atoms with E-state index < -0.39 is 6.10 Å². The average Bonchev–Trinajstić information content (AvgIpc) is 3.07. The highest BCUT2D eigenvalue weighted by atomic mass is 16.3. The molecule has 0 unspecified atom stereocenters. The molecule has 0 aliphatic carbocycles. The van der Waals surface area contributed by atoms with E-state index in [1.54, 1.807) is 4.90 Å². The first-order valence-electron chi connectivity index (χ1n) is 6.92. The number of aromatic nitrogens is 2. The summed E-state index contributed by atoms with van der Waals surface area (Å²) >= 11 is 0. The maximum absolute atomic E-state index is 12.3. The lowest BCUT2D eigenvalue weighted by molar-refractivity contribution is 0.0756. The fourth-order valence-electron chi connectivity index (χ4n) is 2.99. The molecule has 3 heterocycles. The van der Waals surface area contributed by atoms with Crippen molar-refractivity contribution in [2.75, 3.05) is 26.2 Å². The Balaban J connectivity index is 1.70. The zero-order valence-corrected chi connectivity index (χ0v) is 11.2. The van der Waals surface area contributed by atoms with Gasteiger partial charge in [-0.05, 0) is 32.0 Å². The van der Waals surface area contributed by atoms with E-state index in [-0.39, 0.29) is 23.2 Å². The van der Waals surface area contributed by atoms with Gasteiger partial charge in [0.2, 0.25) is 0 Å². The fraction of sp³-hybridized carbons (Fsp3) is 0.615. The van der Waals surface area contributed by atoms with Crippen LogP contribution in [0.1, 0.15) is 23.3 Å². The minimum atomic E-state index is -0.514. The summed E-state index contributed by atoms with van der Waals surface area (Å²) in [5.74, 6) is -0.248. The molecule has 0 bridgehead atoms. The van der Waals surface area contributed by atoms with Crippen LogP contribution in [-0.2, 0) is 0 Å². The van der Waals surface area contributed by atoms with Gasteiger partial charge in [-0.3, -0.25) is 14.5 Å². The lowest BCUT2D eigenvalue weighted by Gasteiger charge is -2.25. The summed E-state index contributed by atoms with van der Waals surface area (Å²) in [7, 11) is 0. The number of nitrogens with one attached hydrogen (secondary N) is 1. The predicted octanol–water partition coefficient (Wildman–Crippen LogP) is -0.949. The number of aromatic amines is 1. The Labute approximate surface area is 116 Å². The Morgan fingerprint density at radius 3 is 2.70 bits per heavy atom. The summed E-state index contributed by atoms with van der Waals surface area (Å²) in [6, 6.07) is 2.71. The van der Waals surface area contributed by atoms with Gasteiger partial charge in [0.15, 0.2) is 0 Å². The van der Waals surface area contributed by atoms with Gasteiger partial charge in [0.05, 0.1) is 12.1 Å². The van der Waals surface area contributed by atoms with Gasteiger partial charge in [0, 0.05) is 19.2 Å². The summed E-state index contributed by atoms with van der Waals surface area (Å²) < 4.78 is 0. The Kier molecular flexibility index (Phi) is 3.54. The SMILES string of the molecule is O=C(c1ccc(=O)[nH]n1)N1C[C@@H](O)[C@H](N2CCCC2)C1. The van der Waals surface area contributed by atoms with E-state index in [1.807, 2.05) is 0 Å². The summed E-state index contributed by atoms with van der Waals surface area (Å²) in [4.78, 5) is 27.1. The smallest absolute Gasteiger partial charge is 0.274 e. The van der Waals surface area contributed by atoms with Crippen LogP contribution < -0.4 is 5.56 Å². The van der Waals surface area contributed by atoms with Crippen molar-refractivity contribution in [2.24, 2.45) is 0 Å². The second-order valence-electron chi connectivity index (χ2n) is 5.39. The minimum Gasteiger partial charge on any atom is -0.390 e. The van der Waals surface area contributed by atoms with Gasteiger partial charge in [-0.1, -0.05) is 0 Å². The molecule has 1 aromatic rings. The molecule has 0 saturated carbocycles. The Hall–Kier alpha value is -1.73. The van der Waals surface area contributed by atoms with Crippen LogP contribution in [0.3, 0.4) is 0 Å². The van der Waals surface area contributed by atoms with Gasteiger partial charge in [-0.15, -0.1) is 0 Å². The summed E-state index contributed by atoms with van der Waals surface area (Å²) in [5.41, 5.74) is -0.128. The molecule has 20 heavy (non-hydrogen) atoms. The Morgan fingerprint density at radius 2 is 2.05 bits per heavy atom. The number of aliphatic hydroxyl groups excluding tert-OH is 1. The van der Waals surface area contributed by atoms with Crippen molar-refractivity contribution in [1.82, 2.24) is 20.0 Å². The zero-order chi connectivity index (χ0) is 14.1. The molecular weight excluding hydrogens is 260 g/mol. The molecule has 2 saturated heterocycles. The second-order valence-corrected chi connectivity index (χ2v) is 5.39. The second kappa shape index (κ2) is 5.34. The molecule has 108 valence electrons. The van der Waals surface area contributed by atoms with Gasteiger partial charge in [-0.25, -0.2) is 5.10 Å². The molecular formula is C13H18N4O3. The number of H-pyrrole nitrogens is 1. The highest BCUT2D eigenvalue weighted by Gasteiger charge is 2.38. The zero-order valence-electron chi connectivity index (χ0n) is 11.2. The number of rotatable bonds is 2. The Bertz CT molecular complexity index is 532. The molecule has 2 aliphatic heterocycles. The molecule has 0 aromatic carbocycles. The van der Waals surface area contributed by atoms with Gasteiger partial charge in [0.1, 0.15) is 5.69 Å². The van der Waals surface area contributed by atoms with Crippen LogP contribution in [0.4, 0.5) is 0 Å². The number of likely N-dealkylation sites (tertiary alicyclic amines) is 2. The van der Waals surface area contributed by atoms with E-state index in [2.05, 4.69) is 15.1 Å². The third kappa shape index (κ3) is 2.46. The first-order valence-corrected chi connectivity index (χ1v) is 6.92. The lowest BCUT2D eigenvalue weighted by Crippen LogP contribution is -2.41. The van der Waals surface area contributed by atoms with Crippen LogP contribution >= 0.6 is 0 Å². The van der Waals surface area contributed by atoms with E-state index in [4.69, 9.17) is 0 Å². The third-order valence-electron chi connectivity index (χ3n) is 4.05. The number of carbonyl (C=O) groups is 1. The fourth-order valence-corrected chi connectivity index (χ4v) is 2.99. The van der Waals surface area contributed by atoms with Gasteiger partial charge < -0.3 is 10.0 Å². The number of amides is 1. The first-order chi connectivity index (χ1) is 9.65. The lowest BCUT2D eigenvalue weighted by atomic mass is 10.2. The van der Waals surface area contributed by atoms with Crippen molar-refractivity contribution in [3.8, 4) is 0 Å². The first kappa shape index (κ1) is 13.3. The molecule has 1 amide bonds. The highest BCUT2D eigenvalue weighted by molar-refractivity contribution is 5.92. The van der Waals surface area contributed by atoms with E-state index in [0.717, 1.165) is 25.9 Å². The number of nitrogens with zero attached hydrogens (tertiary/aromatic N) is 3. The van der Waals surface area contributed by atoms with Gasteiger partial charge >= 0.3 is 0 Å². The molecule has 0 radical (unpaired) electrons. The van der Waals surface area contributed by atoms with Crippen LogP contribution in [0.2, 0.25) is 0 Å². The molecule has 2 N–H and O–H groups in total. The van der Waals surface area contributed by atoms with Crippen LogP contribution in [0.5, 0.6) is 0 Å². The normalized spacial score (nSPS) is 27.1. The maximum Gasteiger partial charge on any atom is 0.274 e. The van der Waals surface area contributed by atoms with Crippen LogP contribution in [0, 0.1) is 0 Å².